The highest BCUT2D eigenvalue weighted by Crippen LogP contribution is 2.28. The highest BCUT2D eigenvalue weighted by Gasteiger charge is 2.20. The summed E-state index contributed by atoms with van der Waals surface area (Å²) in [6.07, 6.45) is 0. The smallest absolute Gasteiger partial charge is 0.351 e. The van der Waals surface area contributed by atoms with Gasteiger partial charge < -0.3 is 4.74 Å². The van der Waals surface area contributed by atoms with Crippen molar-refractivity contribution in [3.05, 3.63) is 75.9 Å². The summed E-state index contributed by atoms with van der Waals surface area (Å²) in [5.41, 5.74) is 5.15. The third-order valence-corrected chi connectivity index (χ3v) is 4.69. The number of aryl methyl sites for hydroxylation is 1. The number of carbonyl (C=O) groups excluding carboxylic acids is 3. The average Bonchev–Trinajstić information content (AvgIpc) is 3.13. The zero-order valence-electron chi connectivity index (χ0n) is 15.3. The molecule has 3 aromatic rings. The topological polar surface area (TPSA) is 97.4 Å². The van der Waals surface area contributed by atoms with Gasteiger partial charge >= 0.3 is 5.97 Å². The number of halogens is 1. The Balaban J connectivity index is 1.57. The molecule has 0 saturated heterocycles. The Hall–Kier alpha value is -3.59. The van der Waals surface area contributed by atoms with Crippen molar-refractivity contribution >= 4 is 29.1 Å². The Bertz CT molecular complexity index is 1050. The molecular formula is C20H16FN3O4S. The molecule has 2 aromatic carbocycles. The molecule has 0 bridgehead atoms. The number of hydrazine groups is 1. The first-order valence-corrected chi connectivity index (χ1v) is 9.31. The van der Waals surface area contributed by atoms with Crippen molar-refractivity contribution in [3.63, 3.8) is 0 Å². The van der Waals surface area contributed by atoms with Crippen molar-refractivity contribution in [1.29, 1.82) is 0 Å². The molecule has 9 heteroatoms. The van der Waals surface area contributed by atoms with Gasteiger partial charge in [0, 0.05) is 5.56 Å². The van der Waals surface area contributed by atoms with Gasteiger partial charge in [-0.3, -0.25) is 20.4 Å². The molecule has 0 unspecified atom stereocenters. The number of nitrogens with one attached hydrogen (secondary N) is 2. The summed E-state index contributed by atoms with van der Waals surface area (Å²) in [6, 6.07) is 14.5. The molecule has 7 nitrogen and oxygen atoms in total. The van der Waals surface area contributed by atoms with Crippen molar-refractivity contribution in [2.24, 2.45) is 0 Å². The van der Waals surface area contributed by atoms with Crippen molar-refractivity contribution < 1.29 is 23.5 Å². The van der Waals surface area contributed by atoms with Crippen molar-refractivity contribution in [2.75, 3.05) is 6.61 Å². The van der Waals surface area contributed by atoms with Gasteiger partial charge in [-0.15, -0.1) is 11.3 Å². The highest BCUT2D eigenvalue weighted by atomic mass is 32.1. The number of hydrogen-bond donors (Lipinski definition) is 2. The van der Waals surface area contributed by atoms with E-state index in [2.05, 4.69) is 15.8 Å². The van der Waals surface area contributed by atoms with E-state index in [0.717, 1.165) is 23.0 Å². The van der Waals surface area contributed by atoms with Crippen LogP contribution in [0.4, 0.5) is 4.39 Å². The summed E-state index contributed by atoms with van der Waals surface area (Å²) in [4.78, 5) is 40.7. The quantitative estimate of drug-likeness (QED) is 0.495. The number of hydrogen-bond acceptors (Lipinski definition) is 6. The van der Waals surface area contributed by atoms with E-state index in [1.165, 1.54) is 18.2 Å². The fourth-order valence-corrected chi connectivity index (χ4v) is 3.26. The van der Waals surface area contributed by atoms with Gasteiger partial charge in [0.1, 0.15) is 10.7 Å². The SMILES string of the molecule is Cc1nc(-c2ccccc2)c(C(=O)OCC(=O)NNC(=O)c2ccccc2F)s1. The third-order valence-electron chi connectivity index (χ3n) is 3.74. The van der Waals surface area contributed by atoms with Crippen LogP contribution in [0.1, 0.15) is 25.0 Å². The summed E-state index contributed by atoms with van der Waals surface area (Å²) in [7, 11) is 0. The van der Waals surface area contributed by atoms with E-state index in [4.69, 9.17) is 4.74 Å². The Kier molecular flexibility index (Phi) is 6.30. The van der Waals surface area contributed by atoms with Crippen LogP contribution in [0.5, 0.6) is 0 Å². The largest absolute Gasteiger partial charge is 0.451 e. The second-order valence-electron chi connectivity index (χ2n) is 5.83. The molecule has 1 aromatic heterocycles. The fraction of sp³-hybridized carbons (Fsp3) is 0.100. The molecule has 148 valence electrons. The fourth-order valence-electron chi connectivity index (χ4n) is 2.43. The van der Waals surface area contributed by atoms with Crippen molar-refractivity contribution in [3.8, 4) is 11.3 Å². The van der Waals surface area contributed by atoms with Gasteiger partial charge in [-0.2, -0.15) is 0 Å². The summed E-state index contributed by atoms with van der Waals surface area (Å²) in [5, 5.41) is 0.678. The van der Waals surface area contributed by atoms with Crippen molar-refractivity contribution in [1.82, 2.24) is 15.8 Å². The molecule has 0 aliphatic heterocycles. The maximum atomic E-state index is 13.5. The average molecular weight is 413 g/mol. The molecule has 0 spiro atoms. The number of rotatable bonds is 5. The number of esters is 1. The Morgan fingerprint density at radius 2 is 1.72 bits per heavy atom. The van der Waals surface area contributed by atoms with E-state index in [0.29, 0.717) is 10.7 Å². The van der Waals surface area contributed by atoms with Crippen LogP contribution >= 0.6 is 11.3 Å². The van der Waals surface area contributed by atoms with E-state index in [1.54, 1.807) is 6.92 Å². The minimum Gasteiger partial charge on any atom is -0.451 e. The summed E-state index contributed by atoms with van der Waals surface area (Å²) >= 11 is 1.16. The lowest BCUT2D eigenvalue weighted by molar-refractivity contribution is -0.125. The lowest BCUT2D eigenvalue weighted by atomic mass is 10.1. The highest BCUT2D eigenvalue weighted by molar-refractivity contribution is 7.14. The van der Waals surface area contributed by atoms with Gasteiger partial charge in [-0.25, -0.2) is 14.2 Å². The van der Waals surface area contributed by atoms with E-state index in [9.17, 15) is 18.8 Å². The lowest BCUT2D eigenvalue weighted by Gasteiger charge is -2.08. The minimum atomic E-state index is -0.827. The number of ether oxygens (including phenoxy) is 1. The first-order valence-electron chi connectivity index (χ1n) is 8.49. The van der Waals surface area contributed by atoms with Gasteiger partial charge in [-0.1, -0.05) is 42.5 Å². The Morgan fingerprint density at radius 1 is 1.03 bits per heavy atom. The van der Waals surface area contributed by atoms with Crippen LogP contribution in [-0.2, 0) is 9.53 Å². The first-order chi connectivity index (χ1) is 14.0. The van der Waals surface area contributed by atoms with E-state index in [1.807, 2.05) is 30.3 Å². The summed E-state index contributed by atoms with van der Waals surface area (Å²) in [6.45, 7) is 1.14. The number of nitrogens with zero attached hydrogens (tertiary/aromatic N) is 1. The molecule has 0 radical (unpaired) electrons. The van der Waals surface area contributed by atoms with Crippen LogP contribution < -0.4 is 10.9 Å². The van der Waals surface area contributed by atoms with E-state index in [-0.39, 0.29) is 10.4 Å². The summed E-state index contributed by atoms with van der Waals surface area (Å²) < 4.78 is 18.6. The maximum Gasteiger partial charge on any atom is 0.351 e. The number of benzene rings is 2. The number of amides is 2. The van der Waals surface area contributed by atoms with E-state index < -0.39 is 30.2 Å². The monoisotopic (exact) mass is 413 g/mol. The Labute approximate surface area is 169 Å². The van der Waals surface area contributed by atoms with Crippen LogP contribution in [0.15, 0.2) is 54.6 Å². The van der Waals surface area contributed by atoms with Crippen LogP contribution in [0.3, 0.4) is 0 Å². The molecule has 0 fully saturated rings. The predicted octanol–water partition coefficient (Wildman–Crippen LogP) is 2.88. The zero-order chi connectivity index (χ0) is 20.8. The van der Waals surface area contributed by atoms with Gasteiger partial charge in [0.05, 0.1) is 16.3 Å². The van der Waals surface area contributed by atoms with Gasteiger partial charge in [0.2, 0.25) is 0 Å². The maximum absolute atomic E-state index is 13.5. The molecule has 2 amide bonds. The predicted molar refractivity (Wildman–Crippen MR) is 105 cm³/mol. The minimum absolute atomic E-state index is 0.225. The molecule has 0 aliphatic carbocycles. The number of aromatic nitrogens is 1. The molecule has 29 heavy (non-hydrogen) atoms. The summed E-state index contributed by atoms with van der Waals surface area (Å²) in [5.74, 6) is -3.03. The van der Waals surface area contributed by atoms with Crippen LogP contribution in [-0.4, -0.2) is 29.4 Å². The first kappa shape index (κ1) is 20.2. The zero-order valence-corrected chi connectivity index (χ0v) is 16.1. The number of thiazole rings is 1. The van der Waals surface area contributed by atoms with Gasteiger partial charge in [-0.05, 0) is 19.1 Å². The third kappa shape index (κ3) is 5.02. The van der Waals surface area contributed by atoms with Gasteiger partial charge in [0.25, 0.3) is 11.8 Å². The number of carbonyl (C=O) groups is 3. The second-order valence-corrected chi connectivity index (χ2v) is 7.04. The molecule has 0 saturated carbocycles. The molecule has 0 atom stereocenters. The second kappa shape index (κ2) is 9.07. The van der Waals surface area contributed by atoms with Gasteiger partial charge in [0.15, 0.2) is 6.61 Å². The van der Waals surface area contributed by atoms with Crippen molar-refractivity contribution in [2.45, 2.75) is 6.92 Å². The standard InChI is InChI=1S/C20H16FN3O4S/c1-12-22-17(13-7-3-2-4-8-13)18(29-12)20(27)28-11-16(25)23-24-19(26)14-9-5-6-10-15(14)21/h2-10H,11H2,1H3,(H,23,25)(H,24,26). The lowest BCUT2D eigenvalue weighted by Crippen LogP contribution is -2.43. The van der Waals surface area contributed by atoms with Crippen LogP contribution in [0.25, 0.3) is 11.3 Å². The molecule has 2 N–H and O–H groups in total. The molecule has 1 heterocycles. The van der Waals surface area contributed by atoms with Crippen LogP contribution in [0.2, 0.25) is 0 Å². The Morgan fingerprint density at radius 3 is 2.45 bits per heavy atom. The van der Waals surface area contributed by atoms with Crippen LogP contribution in [0, 0.1) is 12.7 Å². The molecular weight excluding hydrogens is 397 g/mol. The van der Waals surface area contributed by atoms with E-state index >= 15 is 0 Å². The molecule has 3 rings (SSSR count). The molecule has 0 aliphatic rings. The normalized spacial score (nSPS) is 10.3.